The predicted octanol–water partition coefficient (Wildman–Crippen LogP) is 0.635. The van der Waals surface area contributed by atoms with Crippen molar-refractivity contribution < 1.29 is 19.2 Å². The minimum Gasteiger partial charge on any atom is -0.444 e. The predicted molar refractivity (Wildman–Crippen MR) is 90.5 cm³/mol. The number of nitrogens with zero attached hydrogens (tertiary/aromatic N) is 5. The molecule has 0 aromatic carbocycles. The van der Waals surface area contributed by atoms with Crippen molar-refractivity contribution in [3.8, 4) is 0 Å². The largest absolute Gasteiger partial charge is 0.444 e. The third kappa shape index (κ3) is 3.73. The first-order chi connectivity index (χ1) is 12.2. The van der Waals surface area contributed by atoms with Gasteiger partial charge >= 0.3 is 12.1 Å². The molecule has 1 aliphatic heterocycles. The van der Waals surface area contributed by atoms with Gasteiger partial charge in [0.25, 0.3) is 0 Å². The Morgan fingerprint density at radius 3 is 2.81 bits per heavy atom. The van der Waals surface area contributed by atoms with Crippen molar-refractivity contribution in [1.29, 1.82) is 0 Å². The molecule has 0 bridgehead atoms. The Hall–Kier alpha value is -3.17. The zero-order valence-electron chi connectivity index (χ0n) is 14.8. The molecule has 138 valence electrons. The summed E-state index contributed by atoms with van der Waals surface area (Å²) < 4.78 is 5.34. The van der Waals surface area contributed by atoms with Crippen LogP contribution in [0.15, 0.2) is 29.6 Å². The molecule has 10 heteroatoms. The van der Waals surface area contributed by atoms with E-state index in [0.717, 1.165) is 4.85 Å². The molecule has 2 aromatic heterocycles. The monoisotopic (exact) mass is 360 g/mol. The van der Waals surface area contributed by atoms with Crippen LogP contribution in [0.25, 0.3) is 11.2 Å². The zero-order chi connectivity index (χ0) is 18.9. The summed E-state index contributed by atoms with van der Waals surface area (Å²) in [6, 6.07) is 3.39. The molecule has 0 aliphatic carbocycles. The van der Waals surface area contributed by atoms with Crippen LogP contribution in [0.4, 0.5) is 4.79 Å². The highest BCUT2D eigenvalue weighted by Gasteiger charge is 2.30. The topological polar surface area (TPSA) is 125 Å². The van der Waals surface area contributed by atoms with Gasteiger partial charge in [-0.25, -0.2) is 14.6 Å². The number of ether oxygens (including phenoxy) is 1. The molecule has 0 saturated carbocycles. The lowest BCUT2D eigenvalue weighted by Gasteiger charge is -2.30. The molecule has 26 heavy (non-hydrogen) atoms. The highest BCUT2D eigenvalue weighted by atomic mass is 16.7. The lowest BCUT2D eigenvalue weighted by molar-refractivity contribution is -0.141. The van der Waals surface area contributed by atoms with Gasteiger partial charge in [-0.15, -0.1) is 5.10 Å². The van der Waals surface area contributed by atoms with Crippen molar-refractivity contribution in [1.82, 2.24) is 25.0 Å². The van der Waals surface area contributed by atoms with Gasteiger partial charge in [-0.05, 0) is 43.0 Å². The molecule has 3 heterocycles. The molecule has 0 atom stereocenters. The minimum absolute atomic E-state index is 0.000359. The summed E-state index contributed by atoms with van der Waals surface area (Å²) in [5, 5.41) is 7.61. The quantitative estimate of drug-likeness (QED) is 0.773. The summed E-state index contributed by atoms with van der Waals surface area (Å²) in [5.74, 6) is -0.715. The van der Waals surface area contributed by atoms with E-state index in [2.05, 4.69) is 15.3 Å². The smallest absolute Gasteiger partial charge is 0.410 e. The minimum atomic E-state index is -0.715. The van der Waals surface area contributed by atoms with Gasteiger partial charge in [0.15, 0.2) is 0 Å². The second-order valence-corrected chi connectivity index (χ2v) is 6.84. The van der Waals surface area contributed by atoms with E-state index in [1.54, 1.807) is 32.9 Å². The molecule has 1 aliphatic rings. The van der Waals surface area contributed by atoms with Crippen molar-refractivity contribution in [2.45, 2.75) is 32.8 Å². The average Bonchev–Trinajstić information content (AvgIpc) is 2.96. The summed E-state index contributed by atoms with van der Waals surface area (Å²) in [6.45, 7) is 5.69. The van der Waals surface area contributed by atoms with Crippen LogP contribution in [0.5, 0.6) is 0 Å². The van der Waals surface area contributed by atoms with Gasteiger partial charge in [0.2, 0.25) is 5.65 Å². The van der Waals surface area contributed by atoms with Crippen LogP contribution in [0.1, 0.15) is 27.2 Å². The molecule has 10 nitrogen and oxygen atoms in total. The van der Waals surface area contributed by atoms with Crippen molar-refractivity contribution >= 4 is 23.2 Å². The number of rotatable bonds is 2. The number of carbonyl (C=O) groups excluding carboxylic acids is 2. The van der Waals surface area contributed by atoms with Gasteiger partial charge in [-0.1, -0.05) is 0 Å². The van der Waals surface area contributed by atoms with E-state index in [-0.39, 0.29) is 12.1 Å². The maximum absolute atomic E-state index is 12.5. The van der Waals surface area contributed by atoms with Gasteiger partial charge in [0.1, 0.15) is 11.1 Å². The van der Waals surface area contributed by atoms with E-state index in [9.17, 15) is 9.59 Å². The van der Waals surface area contributed by atoms with E-state index in [1.807, 2.05) is 0 Å². The van der Waals surface area contributed by atoms with Crippen LogP contribution in [0.2, 0.25) is 0 Å². The molecule has 2 N–H and O–H groups in total. The summed E-state index contributed by atoms with van der Waals surface area (Å²) in [7, 11) is 0. The Kier molecular flexibility index (Phi) is 4.49. The number of hydrogen-bond acceptors (Lipinski definition) is 8. The van der Waals surface area contributed by atoms with Gasteiger partial charge in [-0.3, -0.25) is 0 Å². The van der Waals surface area contributed by atoms with E-state index >= 15 is 0 Å². The second-order valence-electron chi connectivity index (χ2n) is 6.84. The maximum Gasteiger partial charge on any atom is 0.410 e. The second kappa shape index (κ2) is 6.62. The van der Waals surface area contributed by atoms with Crippen LogP contribution in [0.3, 0.4) is 0 Å². The lowest BCUT2D eigenvalue weighted by atomic mass is 10.1. The number of nitrogens with two attached hydrogens (primary N) is 1. The molecular weight excluding hydrogens is 340 g/mol. The Bertz CT molecular complexity index is 882. The zero-order valence-corrected chi connectivity index (χ0v) is 14.8. The Morgan fingerprint density at radius 1 is 1.31 bits per heavy atom. The Morgan fingerprint density at radius 2 is 2.08 bits per heavy atom. The van der Waals surface area contributed by atoms with Crippen LogP contribution in [-0.2, 0) is 9.53 Å². The third-order valence-electron chi connectivity index (χ3n) is 3.64. The highest BCUT2D eigenvalue weighted by molar-refractivity contribution is 5.91. The molecule has 0 unspecified atom stereocenters. The molecule has 3 rings (SSSR count). The molecule has 1 amide bonds. The van der Waals surface area contributed by atoms with Crippen LogP contribution in [0, 0.1) is 0 Å². The molecule has 0 fully saturated rings. The Labute approximate surface area is 149 Å². The molecule has 0 spiro atoms. The van der Waals surface area contributed by atoms with E-state index in [0.29, 0.717) is 29.8 Å². The third-order valence-corrected chi connectivity index (χ3v) is 3.64. The number of hydrogen-bond donors (Lipinski definition) is 1. The van der Waals surface area contributed by atoms with Gasteiger partial charge < -0.3 is 20.2 Å². The number of amides is 1. The van der Waals surface area contributed by atoms with E-state index < -0.39 is 17.7 Å². The standard InChI is InChI=1S/C16H20N6O4/c1-16(2,3)25-15(24)21-8-6-11(17)10(9-21)14(23)26-22-13-12(19-20-22)5-4-7-18-13/h4-5,7H,6,8-9,17H2,1-3H3. The fourth-order valence-electron chi connectivity index (χ4n) is 2.40. The normalized spacial score (nSPS) is 15.3. The summed E-state index contributed by atoms with van der Waals surface area (Å²) in [4.78, 5) is 36.4. The van der Waals surface area contributed by atoms with Crippen molar-refractivity contribution in [2.75, 3.05) is 13.1 Å². The van der Waals surface area contributed by atoms with Crippen LogP contribution < -0.4 is 10.6 Å². The molecular formula is C16H20N6O4. The van der Waals surface area contributed by atoms with Gasteiger partial charge in [0, 0.05) is 24.9 Å². The van der Waals surface area contributed by atoms with Crippen LogP contribution in [-0.4, -0.2) is 55.8 Å². The number of aromatic nitrogens is 4. The summed E-state index contributed by atoms with van der Waals surface area (Å²) in [6.07, 6.45) is 1.37. The maximum atomic E-state index is 12.5. The number of pyridine rings is 1. The van der Waals surface area contributed by atoms with Gasteiger partial charge in [-0.2, -0.15) is 0 Å². The molecule has 0 radical (unpaired) electrons. The first-order valence-electron chi connectivity index (χ1n) is 8.09. The first-order valence-corrected chi connectivity index (χ1v) is 8.09. The summed E-state index contributed by atoms with van der Waals surface area (Å²) in [5.41, 5.74) is 6.66. The Balaban J connectivity index is 1.74. The molecule has 2 aromatic rings. The lowest BCUT2D eigenvalue weighted by Crippen LogP contribution is -2.44. The number of fused-ring (bicyclic) bond motifs is 1. The highest BCUT2D eigenvalue weighted by Crippen LogP contribution is 2.18. The fourth-order valence-corrected chi connectivity index (χ4v) is 2.40. The van der Waals surface area contributed by atoms with Crippen LogP contribution >= 0.6 is 0 Å². The number of carbonyl (C=O) groups is 2. The van der Waals surface area contributed by atoms with E-state index in [4.69, 9.17) is 15.3 Å². The van der Waals surface area contributed by atoms with Crippen molar-refractivity contribution in [2.24, 2.45) is 5.73 Å². The first kappa shape index (κ1) is 17.6. The SMILES string of the molecule is CC(C)(C)OC(=O)N1CCC(N)=C(C(=O)On2nnc3cccnc32)C1. The average molecular weight is 360 g/mol. The van der Waals surface area contributed by atoms with Crippen molar-refractivity contribution in [3.05, 3.63) is 29.6 Å². The summed E-state index contributed by atoms with van der Waals surface area (Å²) >= 11 is 0. The fraction of sp³-hybridized carbons (Fsp3) is 0.438. The van der Waals surface area contributed by atoms with Gasteiger partial charge in [0.05, 0.1) is 12.1 Å². The van der Waals surface area contributed by atoms with E-state index in [1.165, 1.54) is 11.1 Å². The van der Waals surface area contributed by atoms with Crippen molar-refractivity contribution in [3.63, 3.8) is 0 Å². The molecule has 0 saturated heterocycles.